The Balaban J connectivity index is 4.04. The first-order valence-corrected chi connectivity index (χ1v) is 10.9. The smallest absolute Gasteiger partial charge is 0.221 e. The summed E-state index contributed by atoms with van der Waals surface area (Å²) in [4.78, 5) is 23.9. The average Bonchev–Trinajstić information content (AvgIpc) is 2.41. The standard InChI is InChI=1S/C21H42N2O3S/c1-16(23-17(24)10-13-27-20(5,6)7)15-26-21(8,9)11-12-22-18(25)14-19(2,3)4/h16H,10-15H2,1-9H3,(H,22,25)(H,23,24). The summed E-state index contributed by atoms with van der Waals surface area (Å²) in [6.07, 6.45) is 1.77. The van der Waals surface area contributed by atoms with Gasteiger partial charge in [0.25, 0.3) is 0 Å². The zero-order valence-electron chi connectivity index (χ0n) is 19.0. The average molecular weight is 403 g/mol. The summed E-state index contributed by atoms with van der Waals surface area (Å²) >= 11 is 1.79. The molecule has 0 heterocycles. The Morgan fingerprint density at radius 1 is 1.00 bits per heavy atom. The van der Waals surface area contributed by atoms with E-state index in [9.17, 15) is 9.59 Å². The Hall–Kier alpha value is -0.750. The monoisotopic (exact) mass is 402 g/mol. The van der Waals surface area contributed by atoms with E-state index < -0.39 is 0 Å². The Kier molecular flexibility index (Phi) is 11.0. The zero-order chi connectivity index (χ0) is 21.3. The predicted molar refractivity (Wildman–Crippen MR) is 116 cm³/mol. The normalized spacial score (nSPS) is 14.0. The minimum atomic E-state index is -0.351. The van der Waals surface area contributed by atoms with E-state index in [2.05, 4.69) is 52.2 Å². The fraction of sp³-hybridized carbons (Fsp3) is 0.905. The Labute approximate surface area is 171 Å². The quantitative estimate of drug-likeness (QED) is 0.545. The molecule has 2 N–H and O–H groups in total. The highest BCUT2D eigenvalue weighted by atomic mass is 32.2. The van der Waals surface area contributed by atoms with Gasteiger partial charge in [-0.2, -0.15) is 11.8 Å². The molecule has 0 rings (SSSR count). The number of thioether (sulfide) groups is 1. The van der Waals surface area contributed by atoms with Gasteiger partial charge < -0.3 is 15.4 Å². The number of ether oxygens (including phenoxy) is 1. The molecule has 6 heteroatoms. The van der Waals surface area contributed by atoms with E-state index >= 15 is 0 Å². The summed E-state index contributed by atoms with van der Waals surface area (Å²) < 4.78 is 6.14. The number of amides is 2. The van der Waals surface area contributed by atoms with E-state index in [1.165, 1.54) is 0 Å². The predicted octanol–water partition coefficient (Wildman–Crippen LogP) is 4.15. The molecule has 0 aromatic heterocycles. The molecule has 1 atom stereocenters. The van der Waals surface area contributed by atoms with Crippen LogP contribution in [0.1, 0.15) is 81.6 Å². The molecule has 5 nitrogen and oxygen atoms in total. The fourth-order valence-corrected chi connectivity index (χ4v) is 3.21. The molecule has 0 aromatic rings. The molecule has 1 unspecified atom stereocenters. The molecule has 0 saturated carbocycles. The Morgan fingerprint density at radius 2 is 1.59 bits per heavy atom. The van der Waals surface area contributed by atoms with Gasteiger partial charge in [0.15, 0.2) is 0 Å². The van der Waals surface area contributed by atoms with E-state index in [0.29, 0.717) is 26.0 Å². The van der Waals surface area contributed by atoms with Crippen molar-refractivity contribution in [2.75, 3.05) is 18.9 Å². The zero-order valence-corrected chi connectivity index (χ0v) is 19.8. The molecule has 0 aromatic carbocycles. The molecule has 0 bridgehead atoms. The van der Waals surface area contributed by atoms with Crippen LogP contribution >= 0.6 is 11.8 Å². The molecule has 0 saturated heterocycles. The second-order valence-corrected chi connectivity index (χ2v) is 12.0. The van der Waals surface area contributed by atoms with E-state index in [1.54, 1.807) is 11.8 Å². The van der Waals surface area contributed by atoms with Crippen molar-refractivity contribution >= 4 is 23.6 Å². The van der Waals surface area contributed by atoms with Gasteiger partial charge >= 0.3 is 0 Å². The first kappa shape index (κ1) is 26.2. The van der Waals surface area contributed by atoms with Crippen molar-refractivity contribution in [3.05, 3.63) is 0 Å². The van der Waals surface area contributed by atoms with E-state index in [1.807, 2.05) is 20.8 Å². The summed E-state index contributed by atoms with van der Waals surface area (Å²) in [7, 11) is 0. The third kappa shape index (κ3) is 17.1. The molecule has 0 fully saturated rings. The molecular formula is C21H42N2O3S. The van der Waals surface area contributed by atoms with Crippen LogP contribution in [0, 0.1) is 5.41 Å². The molecule has 0 aliphatic heterocycles. The van der Waals surface area contributed by atoms with Crippen molar-refractivity contribution in [3.63, 3.8) is 0 Å². The highest BCUT2D eigenvalue weighted by Gasteiger charge is 2.21. The number of rotatable bonds is 11. The maximum absolute atomic E-state index is 12.0. The van der Waals surface area contributed by atoms with Gasteiger partial charge in [0, 0.05) is 35.9 Å². The lowest BCUT2D eigenvalue weighted by atomic mass is 9.92. The minimum Gasteiger partial charge on any atom is -0.373 e. The maximum Gasteiger partial charge on any atom is 0.221 e. The third-order valence-electron chi connectivity index (χ3n) is 3.74. The molecule has 0 spiro atoms. The number of hydrogen-bond donors (Lipinski definition) is 2. The van der Waals surface area contributed by atoms with Crippen LogP contribution in [0.2, 0.25) is 0 Å². The summed E-state index contributed by atoms with van der Waals surface area (Å²) in [6.45, 7) is 19.6. The molecule has 0 aliphatic carbocycles. The van der Waals surface area contributed by atoms with Crippen molar-refractivity contribution < 1.29 is 14.3 Å². The van der Waals surface area contributed by atoms with Gasteiger partial charge in [-0.15, -0.1) is 0 Å². The first-order valence-electron chi connectivity index (χ1n) is 9.94. The molecule has 0 radical (unpaired) electrons. The van der Waals surface area contributed by atoms with Gasteiger partial charge in [-0.25, -0.2) is 0 Å². The van der Waals surface area contributed by atoms with Crippen molar-refractivity contribution in [2.45, 2.75) is 98.0 Å². The summed E-state index contributed by atoms with van der Waals surface area (Å²) in [5.74, 6) is 0.963. The van der Waals surface area contributed by atoms with Crippen LogP contribution in [0.4, 0.5) is 0 Å². The van der Waals surface area contributed by atoms with Crippen molar-refractivity contribution in [2.24, 2.45) is 5.41 Å². The summed E-state index contributed by atoms with van der Waals surface area (Å²) in [5, 5.41) is 5.95. The highest BCUT2D eigenvalue weighted by Crippen LogP contribution is 2.23. The lowest BCUT2D eigenvalue weighted by Gasteiger charge is -2.28. The van der Waals surface area contributed by atoms with Crippen LogP contribution in [-0.2, 0) is 14.3 Å². The SMILES string of the molecule is CC(COC(C)(C)CCNC(=O)CC(C)(C)C)NC(=O)CCSC(C)(C)C. The van der Waals surface area contributed by atoms with Gasteiger partial charge in [0.2, 0.25) is 11.8 Å². The van der Waals surface area contributed by atoms with Gasteiger partial charge in [-0.1, -0.05) is 41.5 Å². The molecule has 0 aliphatic rings. The first-order chi connectivity index (χ1) is 12.1. The van der Waals surface area contributed by atoms with E-state index in [-0.39, 0.29) is 33.6 Å². The lowest BCUT2D eigenvalue weighted by molar-refractivity contribution is -0.124. The van der Waals surface area contributed by atoms with Crippen LogP contribution in [0.5, 0.6) is 0 Å². The Morgan fingerprint density at radius 3 is 2.11 bits per heavy atom. The van der Waals surface area contributed by atoms with Crippen molar-refractivity contribution in [3.8, 4) is 0 Å². The number of carbonyl (C=O) groups excluding carboxylic acids is 2. The maximum atomic E-state index is 12.0. The van der Waals surface area contributed by atoms with Crippen molar-refractivity contribution in [1.82, 2.24) is 10.6 Å². The second-order valence-electron chi connectivity index (χ2n) is 10.1. The van der Waals surface area contributed by atoms with Gasteiger partial charge in [-0.3, -0.25) is 9.59 Å². The minimum absolute atomic E-state index is 0.00483. The van der Waals surface area contributed by atoms with Crippen LogP contribution in [-0.4, -0.2) is 47.1 Å². The molecule has 160 valence electrons. The number of hydrogen-bond acceptors (Lipinski definition) is 4. The van der Waals surface area contributed by atoms with Crippen molar-refractivity contribution in [1.29, 1.82) is 0 Å². The van der Waals surface area contributed by atoms with Gasteiger partial charge in [0.05, 0.1) is 12.2 Å². The highest BCUT2D eigenvalue weighted by molar-refractivity contribution is 8.00. The van der Waals surface area contributed by atoms with Gasteiger partial charge in [-0.05, 0) is 32.6 Å². The van der Waals surface area contributed by atoms with Crippen LogP contribution < -0.4 is 10.6 Å². The van der Waals surface area contributed by atoms with E-state index in [4.69, 9.17) is 4.74 Å². The number of carbonyl (C=O) groups is 2. The third-order valence-corrected chi connectivity index (χ3v) is 5.01. The van der Waals surface area contributed by atoms with Crippen LogP contribution in [0.25, 0.3) is 0 Å². The molecule has 27 heavy (non-hydrogen) atoms. The van der Waals surface area contributed by atoms with Gasteiger partial charge in [0.1, 0.15) is 0 Å². The second kappa shape index (κ2) is 11.3. The molecular weight excluding hydrogens is 360 g/mol. The fourth-order valence-electron chi connectivity index (χ4n) is 2.31. The topological polar surface area (TPSA) is 67.4 Å². The number of nitrogens with one attached hydrogen (secondary N) is 2. The van der Waals surface area contributed by atoms with E-state index in [0.717, 1.165) is 12.2 Å². The van der Waals surface area contributed by atoms with Crippen LogP contribution in [0.15, 0.2) is 0 Å². The molecule has 2 amide bonds. The lowest BCUT2D eigenvalue weighted by Crippen LogP contribution is -2.40. The summed E-state index contributed by atoms with van der Waals surface area (Å²) in [5.41, 5.74) is -0.356. The Bertz CT molecular complexity index is 465. The largest absolute Gasteiger partial charge is 0.373 e. The summed E-state index contributed by atoms with van der Waals surface area (Å²) in [6, 6.07) is -0.0353. The van der Waals surface area contributed by atoms with Crippen LogP contribution in [0.3, 0.4) is 0 Å².